The van der Waals surface area contributed by atoms with Crippen LogP contribution in [0.1, 0.15) is 36.8 Å². The number of fused-ring (bicyclic) bond motifs is 1. The second-order valence-electron chi connectivity index (χ2n) is 9.27. The number of hydrogen-bond acceptors (Lipinski definition) is 5. The Bertz CT molecular complexity index is 1550. The number of para-hydroxylation sites is 1. The lowest BCUT2D eigenvalue weighted by Gasteiger charge is -2.18. The van der Waals surface area contributed by atoms with Crippen LogP contribution in [-0.2, 0) is 12.0 Å². The van der Waals surface area contributed by atoms with E-state index < -0.39 is 0 Å². The Morgan fingerprint density at radius 3 is 2.50 bits per heavy atom. The Morgan fingerprint density at radius 1 is 1.00 bits per heavy atom. The highest BCUT2D eigenvalue weighted by Crippen LogP contribution is 2.25. The number of aromatic nitrogens is 1. The summed E-state index contributed by atoms with van der Waals surface area (Å²) in [4.78, 5) is 14.9. The first-order chi connectivity index (χ1) is 16.4. The van der Waals surface area contributed by atoms with E-state index in [2.05, 4.69) is 55.0 Å². The monoisotopic (exact) mass is 466 g/mol. The first-order valence-corrected chi connectivity index (χ1v) is 12.0. The molecule has 6 heteroatoms. The van der Waals surface area contributed by atoms with Crippen molar-refractivity contribution >= 4 is 29.4 Å². The Kier molecular flexibility index (Phi) is 5.75. The molecule has 0 bridgehead atoms. The number of aromatic hydroxyl groups is 1. The first kappa shape index (κ1) is 22.0. The third-order valence-electron chi connectivity index (χ3n) is 5.75. The molecule has 1 aliphatic heterocycles. The number of hydrogen-bond donors (Lipinski definition) is 1. The predicted octanol–water partition coefficient (Wildman–Crippen LogP) is 4.76. The summed E-state index contributed by atoms with van der Waals surface area (Å²) in [6, 6.07) is 24.3. The summed E-state index contributed by atoms with van der Waals surface area (Å²) < 4.78 is 1.81. The molecule has 0 radical (unpaired) electrons. The average Bonchev–Trinajstić information content (AvgIpc) is 3.42. The Morgan fingerprint density at radius 2 is 1.76 bits per heavy atom. The van der Waals surface area contributed by atoms with E-state index in [9.17, 15) is 5.11 Å². The van der Waals surface area contributed by atoms with Gasteiger partial charge in [-0.15, -0.1) is 0 Å². The molecule has 1 aromatic heterocycles. The van der Waals surface area contributed by atoms with Crippen LogP contribution in [0.25, 0.3) is 11.8 Å². The van der Waals surface area contributed by atoms with Crippen LogP contribution in [0, 0.1) is 0 Å². The topological polar surface area (TPSA) is 62.2 Å². The summed E-state index contributed by atoms with van der Waals surface area (Å²) in [5.41, 5.74) is 4.26. The molecule has 0 aliphatic carbocycles. The standard InChI is InChI=1S/C28H26N4OS/c1-28(2,3)21-12-9-19(10-13-21)17-29-27-32(22-7-5-4-6-8-22)26(33)25(34-27)16-20-11-14-23-24(15-20)31-18-30-23/h4-16,18,33H,17H2,1-3H3. The van der Waals surface area contributed by atoms with Crippen molar-refractivity contribution in [2.45, 2.75) is 32.7 Å². The van der Waals surface area contributed by atoms with Crippen molar-refractivity contribution in [3.63, 3.8) is 0 Å². The van der Waals surface area contributed by atoms with Crippen LogP contribution >= 0.6 is 11.3 Å². The summed E-state index contributed by atoms with van der Waals surface area (Å²) in [7, 11) is 0. The lowest BCUT2D eigenvalue weighted by molar-refractivity contribution is 0.439. The number of rotatable bonds is 4. The van der Waals surface area contributed by atoms with Gasteiger partial charge >= 0.3 is 0 Å². The van der Waals surface area contributed by atoms with Crippen molar-refractivity contribution < 1.29 is 5.11 Å². The second kappa shape index (κ2) is 8.88. The van der Waals surface area contributed by atoms with E-state index in [4.69, 9.17) is 4.99 Å². The molecule has 0 saturated heterocycles. The smallest absolute Gasteiger partial charge is 0.215 e. The maximum absolute atomic E-state index is 11.2. The third-order valence-corrected chi connectivity index (χ3v) is 6.76. The van der Waals surface area contributed by atoms with E-state index in [1.165, 1.54) is 16.9 Å². The maximum atomic E-state index is 11.2. The molecular weight excluding hydrogens is 440 g/mol. The van der Waals surface area contributed by atoms with Crippen molar-refractivity contribution in [2.75, 3.05) is 0 Å². The minimum absolute atomic E-state index is 0.118. The van der Waals surface area contributed by atoms with Crippen LogP contribution in [0.3, 0.4) is 0 Å². The first-order valence-electron chi connectivity index (χ1n) is 11.2. The van der Waals surface area contributed by atoms with Gasteiger partial charge in [0.25, 0.3) is 0 Å². The highest BCUT2D eigenvalue weighted by atomic mass is 32.1. The van der Waals surface area contributed by atoms with Gasteiger partial charge in [-0.2, -0.15) is 0 Å². The zero-order valence-electron chi connectivity index (χ0n) is 19.4. The minimum atomic E-state index is 0.118. The van der Waals surface area contributed by atoms with E-state index in [1.54, 1.807) is 10.9 Å². The molecule has 170 valence electrons. The van der Waals surface area contributed by atoms with E-state index in [0.717, 1.165) is 37.2 Å². The number of thiazole rings is 1. The lowest BCUT2D eigenvalue weighted by Crippen LogP contribution is -2.13. The largest absolute Gasteiger partial charge is 0.493 e. The number of aliphatic imine (C=N–C) groups is 1. The molecule has 3 aromatic carbocycles. The highest BCUT2D eigenvalue weighted by molar-refractivity contribution is 7.10. The minimum Gasteiger partial charge on any atom is -0.493 e. The van der Waals surface area contributed by atoms with Crippen LogP contribution in [0.5, 0.6) is 5.88 Å². The molecule has 5 nitrogen and oxygen atoms in total. The second-order valence-corrected chi connectivity index (χ2v) is 10.3. The lowest BCUT2D eigenvalue weighted by atomic mass is 9.87. The van der Waals surface area contributed by atoms with Gasteiger partial charge in [-0.3, -0.25) is 9.56 Å². The van der Waals surface area contributed by atoms with Crippen molar-refractivity contribution in [1.82, 2.24) is 4.57 Å². The van der Waals surface area contributed by atoms with E-state index >= 15 is 0 Å². The van der Waals surface area contributed by atoms with Crippen molar-refractivity contribution in [2.24, 2.45) is 15.0 Å². The number of benzene rings is 3. The third kappa shape index (κ3) is 4.50. The molecule has 0 unspecified atom stereocenters. The van der Waals surface area contributed by atoms with Crippen LogP contribution < -0.4 is 15.4 Å². The normalized spacial score (nSPS) is 13.9. The van der Waals surface area contributed by atoms with Crippen molar-refractivity contribution in [3.05, 3.63) is 104 Å². The van der Waals surface area contributed by atoms with Gasteiger partial charge in [0.05, 0.1) is 28.2 Å². The van der Waals surface area contributed by atoms with Crippen LogP contribution in [0.4, 0.5) is 5.69 Å². The van der Waals surface area contributed by atoms with Gasteiger partial charge in [-0.05, 0) is 52.1 Å². The Labute approximate surface area is 202 Å². The Balaban J connectivity index is 1.57. The highest BCUT2D eigenvalue weighted by Gasteiger charge is 2.14. The van der Waals surface area contributed by atoms with Gasteiger partial charge in [-0.25, -0.2) is 9.98 Å². The van der Waals surface area contributed by atoms with Gasteiger partial charge in [0, 0.05) is 0 Å². The quantitative estimate of drug-likeness (QED) is 0.463. The van der Waals surface area contributed by atoms with Gasteiger partial charge in [0.2, 0.25) is 5.88 Å². The fraction of sp³-hybridized carbons (Fsp3) is 0.179. The van der Waals surface area contributed by atoms with Gasteiger partial charge in [-0.1, -0.05) is 80.6 Å². The fourth-order valence-corrected chi connectivity index (χ4v) is 4.80. The van der Waals surface area contributed by atoms with E-state index in [0.29, 0.717) is 6.54 Å². The predicted molar refractivity (Wildman–Crippen MR) is 139 cm³/mol. The molecule has 0 atom stereocenters. The average molecular weight is 467 g/mol. The summed E-state index contributed by atoms with van der Waals surface area (Å²) in [5.74, 6) is 0.173. The van der Waals surface area contributed by atoms with Gasteiger partial charge in [0.15, 0.2) is 4.80 Å². The molecule has 0 spiro atoms. The van der Waals surface area contributed by atoms with Crippen molar-refractivity contribution in [1.29, 1.82) is 0 Å². The van der Waals surface area contributed by atoms with E-state index in [-0.39, 0.29) is 11.3 Å². The molecule has 5 rings (SSSR count). The molecule has 1 N–H and O–H groups in total. The number of nitrogens with zero attached hydrogens (tertiary/aromatic N) is 4. The zero-order valence-corrected chi connectivity index (χ0v) is 20.3. The molecule has 0 amide bonds. The summed E-state index contributed by atoms with van der Waals surface area (Å²) in [6.07, 6.45) is 3.52. The molecule has 1 aliphatic rings. The summed E-state index contributed by atoms with van der Waals surface area (Å²) in [6.45, 7) is 7.17. The fourth-order valence-electron chi connectivity index (χ4n) is 3.81. The summed E-state index contributed by atoms with van der Waals surface area (Å²) in [5, 5.41) is 13.0. The molecule has 2 heterocycles. The van der Waals surface area contributed by atoms with Crippen molar-refractivity contribution in [3.8, 4) is 11.6 Å². The molecular formula is C28H26N4OS. The zero-order chi connectivity index (χ0) is 23.7. The molecule has 0 saturated carbocycles. The SMILES string of the molecule is CC(C)(C)c1ccc(CN=c2sc(C=c3ccc4c(c3)N=CN=4)c(O)n2-c2ccccc2)cc1. The summed E-state index contributed by atoms with van der Waals surface area (Å²) >= 11 is 1.46. The molecule has 4 aromatic rings. The van der Waals surface area contributed by atoms with Gasteiger partial charge < -0.3 is 5.11 Å². The maximum Gasteiger partial charge on any atom is 0.215 e. The van der Waals surface area contributed by atoms with Gasteiger partial charge in [0.1, 0.15) is 6.34 Å². The molecule has 0 fully saturated rings. The van der Waals surface area contributed by atoms with Crippen LogP contribution in [0.2, 0.25) is 0 Å². The van der Waals surface area contributed by atoms with Crippen LogP contribution in [0.15, 0.2) is 87.8 Å². The van der Waals surface area contributed by atoms with E-state index in [1.807, 2.05) is 54.6 Å². The molecule has 34 heavy (non-hydrogen) atoms. The van der Waals surface area contributed by atoms with Crippen LogP contribution in [-0.4, -0.2) is 16.0 Å². The Hall–Kier alpha value is -3.77.